The van der Waals surface area contributed by atoms with Gasteiger partial charge in [-0.3, -0.25) is 4.79 Å². The van der Waals surface area contributed by atoms with Crippen LogP contribution in [0.15, 0.2) is 18.2 Å². The van der Waals surface area contributed by atoms with Gasteiger partial charge in [0.15, 0.2) is 0 Å². The summed E-state index contributed by atoms with van der Waals surface area (Å²) in [6, 6.07) is 4.90. The lowest BCUT2D eigenvalue weighted by Gasteiger charge is -2.26. The first-order valence-electron chi connectivity index (χ1n) is 7.06. The Morgan fingerprint density at radius 2 is 2.05 bits per heavy atom. The molecule has 0 aliphatic heterocycles. The summed E-state index contributed by atoms with van der Waals surface area (Å²) in [5.74, 6) is -0.00752. The van der Waals surface area contributed by atoms with Crippen molar-refractivity contribution in [2.45, 2.75) is 33.2 Å². The van der Waals surface area contributed by atoms with Crippen LogP contribution in [-0.2, 0) is 0 Å². The van der Waals surface area contributed by atoms with Crippen LogP contribution in [0.3, 0.4) is 0 Å². The molecule has 1 aromatic carbocycles. The van der Waals surface area contributed by atoms with Gasteiger partial charge in [-0.15, -0.1) is 11.3 Å². The van der Waals surface area contributed by atoms with E-state index < -0.39 is 0 Å². The first kappa shape index (κ1) is 15.8. The summed E-state index contributed by atoms with van der Waals surface area (Å²) >= 11 is 1.25. The number of carbonyl (C=O) groups excluding carboxylic acids is 1. The van der Waals surface area contributed by atoms with Gasteiger partial charge in [0.05, 0.1) is 11.1 Å². The van der Waals surface area contributed by atoms with E-state index in [0.717, 1.165) is 6.42 Å². The summed E-state index contributed by atoms with van der Waals surface area (Å²) in [6.45, 7) is 6.26. The molecule has 2 rings (SSSR count). The molecule has 0 aliphatic carbocycles. The number of amides is 1. The first-order valence-corrected chi connectivity index (χ1v) is 7.88. The minimum atomic E-state index is -0.377. The van der Waals surface area contributed by atoms with Gasteiger partial charge >= 0.3 is 0 Å². The fourth-order valence-electron chi connectivity index (χ4n) is 2.49. The molecule has 0 fully saturated rings. The number of hydrogen-bond donors (Lipinski definition) is 1. The molecule has 2 aromatic rings. The van der Waals surface area contributed by atoms with Gasteiger partial charge < -0.3 is 10.6 Å². The number of nitrogens with zero attached hydrogens (tertiary/aromatic N) is 1. The second-order valence-electron chi connectivity index (χ2n) is 5.85. The summed E-state index contributed by atoms with van der Waals surface area (Å²) in [4.78, 5) is 14.7. The van der Waals surface area contributed by atoms with Crippen molar-refractivity contribution in [3.8, 4) is 0 Å². The fraction of sp³-hybridized carbons (Fsp3) is 0.438. The van der Waals surface area contributed by atoms with Crippen LogP contribution in [0, 0.1) is 11.7 Å². The minimum absolute atomic E-state index is 0.118. The lowest BCUT2D eigenvalue weighted by Crippen LogP contribution is -2.35. The number of nitrogens with two attached hydrogens (primary N) is 1. The van der Waals surface area contributed by atoms with Crippen molar-refractivity contribution in [1.29, 1.82) is 0 Å². The van der Waals surface area contributed by atoms with Crippen molar-refractivity contribution < 1.29 is 9.18 Å². The Labute approximate surface area is 128 Å². The number of fused-ring (bicyclic) bond motifs is 1. The van der Waals surface area contributed by atoms with Gasteiger partial charge in [0.2, 0.25) is 0 Å². The summed E-state index contributed by atoms with van der Waals surface area (Å²) < 4.78 is 14.6. The Bertz CT molecular complexity index is 666. The molecular formula is C16H21FN2OS. The van der Waals surface area contributed by atoms with Gasteiger partial charge in [-0.1, -0.05) is 19.9 Å². The second-order valence-corrected chi connectivity index (χ2v) is 6.90. The normalized spacial score (nSPS) is 12.9. The van der Waals surface area contributed by atoms with Gasteiger partial charge in [-0.05, 0) is 31.4 Å². The van der Waals surface area contributed by atoms with Crippen molar-refractivity contribution in [2.75, 3.05) is 12.8 Å². The largest absolute Gasteiger partial charge is 0.397 e. The smallest absolute Gasteiger partial charge is 0.266 e. The highest BCUT2D eigenvalue weighted by Gasteiger charge is 2.24. The summed E-state index contributed by atoms with van der Waals surface area (Å²) in [7, 11) is 1.77. The Morgan fingerprint density at radius 1 is 1.38 bits per heavy atom. The number of carbonyl (C=O) groups is 1. The molecule has 0 saturated carbocycles. The average molecular weight is 308 g/mol. The number of hydrogen-bond acceptors (Lipinski definition) is 3. The summed E-state index contributed by atoms with van der Waals surface area (Å²) in [5, 5.41) is 0.357. The summed E-state index contributed by atoms with van der Waals surface area (Å²) in [6.07, 6.45) is 0.918. The molecule has 2 N–H and O–H groups in total. The third-order valence-electron chi connectivity index (χ3n) is 3.69. The number of benzene rings is 1. The molecule has 1 unspecified atom stereocenters. The van der Waals surface area contributed by atoms with E-state index in [1.54, 1.807) is 24.1 Å². The summed E-state index contributed by atoms with van der Waals surface area (Å²) in [5.41, 5.74) is 6.25. The Hall–Kier alpha value is -1.62. The fourth-order valence-corrected chi connectivity index (χ4v) is 3.61. The molecule has 5 heteroatoms. The van der Waals surface area contributed by atoms with E-state index >= 15 is 0 Å². The number of anilines is 1. The monoisotopic (exact) mass is 308 g/mol. The van der Waals surface area contributed by atoms with Crippen LogP contribution in [0.5, 0.6) is 0 Å². The standard InChI is InChI=1S/C16H21FN2OS/c1-9(2)8-10(3)19(4)16(20)15-14(18)13-11(17)6-5-7-12(13)21-15/h5-7,9-10H,8,18H2,1-4H3. The highest BCUT2D eigenvalue weighted by atomic mass is 32.1. The van der Waals surface area contributed by atoms with Gasteiger partial charge in [0.1, 0.15) is 10.7 Å². The molecule has 0 bridgehead atoms. The zero-order valence-electron chi connectivity index (χ0n) is 12.8. The van der Waals surface area contributed by atoms with Crippen LogP contribution in [0.4, 0.5) is 10.1 Å². The van der Waals surface area contributed by atoms with Crippen molar-refractivity contribution >= 4 is 33.0 Å². The number of thiophene rings is 1. The van der Waals surface area contributed by atoms with Crippen molar-refractivity contribution in [3.63, 3.8) is 0 Å². The topological polar surface area (TPSA) is 46.3 Å². The quantitative estimate of drug-likeness (QED) is 0.923. The van der Waals surface area contributed by atoms with E-state index in [2.05, 4.69) is 13.8 Å². The lowest BCUT2D eigenvalue weighted by atomic mass is 10.0. The third kappa shape index (κ3) is 3.02. The van der Waals surface area contributed by atoms with Gasteiger partial charge in [0, 0.05) is 17.8 Å². The van der Waals surface area contributed by atoms with E-state index in [-0.39, 0.29) is 23.5 Å². The molecule has 0 aliphatic rings. The minimum Gasteiger partial charge on any atom is -0.397 e. The van der Waals surface area contributed by atoms with Crippen LogP contribution >= 0.6 is 11.3 Å². The lowest BCUT2D eigenvalue weighted by molar-refractivity contribution is 0.0734. The predicted octanol–water partition coefficient (Wildman–Crippen LogP) is 4.13. The van der Waals surface area contributed by atoms with Gasteiger partial charge in [-0.2, -0.15) is 0 Å². The molecule has 0 radical (unpaired) electrons. The van der Waals surface area contributed by atoms with Crippen LogP contribution < -0.4 is 5.73 Å². The highest BCUT2D eigenvalue weighted by molar-refractivity contribution is 7.21. The second kappa shape index (κ2) is 6.02. The SMILES string of the molecule is CC(C)CC(C)N(C)C(=O)c1sc2cccc(F)c2c1N. The maximum atomic E-state index is 13.9. The molecule has 1 heterocycles. The maximum Gasteiger partial charge on any atom is 0.266 e. The Balaban J connectivity index is 2.36. The molecular weight excluding hydrogens is 287 g/mol. The average Bonchev–Trinajstić information content (AvgIpc) is 2.75. The third-order valence-corrected chi connectivity index (χ3v) is 4.85. The van der Waals surface area contributed by atoms with Crippen LogP contribution in [0.1, 0.15) is 36.9 Å². The van der Waals surface area contributed by atoms with Crippen molar-refractivity contribution in [3.05, 3.63) is 28.9 Å². The van der Waals surface area contributed by atoms with E-state index in [1.807, 2.05) is 6.92 Å². The molecule has 1 atom stereocenters. The Morgan fingerprint density at radius 3 is 2.62 bits per heavy atom. The molecule has 1 aromatic heterocycles. The molecule has 114 valence electrons. The number of halogens is 1. The van der Waals surface area contributed by atoms with Crippen molar-refractivity contribution in [1.82, 2.24) is 4.90 Å². The van der Waals surface area contributed by atoms with E-state index in [9.17, 15) is 9.18 Å². The Kier molecular flexibility index (Phi) is 4.52. The zero-order chi connectivity index (χ0) is 15.7. The van der Waals surface area contributed by atoms with Crippen LogP contribution in [-0.4, -0.2) is 23.9 Å². The van der Waals surface area contributed by atoms with E-state index in [0.29, 0.717) is 20.9 Å². The van der Waals surface area contributed by atoms with Gasteiger partial charge in [0.25, 0.3) is 5.91 Å². The predicted molar refractivity (Wildman–Crippen MR) is 87.2 cm³/mol. The van der Waals surface area contributed by atoms with Crippen LogP contribution in [0.25, 0.3) is 10.1 Å². The molecule has 0 spiro atoms. The van der Waals surface area contributed by atoms with Crippen molar-refractivity contribution in [2.24, 2.45) is 5.92 Å². The van der Waals surface area contributed by atoms with E-state index in [1.165, 1.54) is 17.4 Å². The van der Waals surface area contributed by atoms with Gasteiger partial charge in [-0.25, -0.2) is 4.39 Å². The highest BCUT2D eigenvalue weighted by Crippen LogP contribution is 2.36. The number of nitrogen functional groups attached to an aromatic ring is 1. The maximum absolute atomic E-state index is 13.9. The van der Waals surface area contributed by atoms with Crippen LogP contribution in [0.2, 0.25) is 0 Å². The molecule has 3 nitrogen and oxygen atoms in total. The number of rotatable bonds is 4. The molecule has 21 heavy (non-hydrogen) atoms. The first-order chi connectivity index (χ1) is 9.82. The van der Waals surface area contributed by atoms with E-state index in [4.69, 9.17) is 5.73 Å². The zero-order valence-corrected chi connectivity index (χ0v) is 13.6. The molecule has 0 saturated heterocycles. The molecule has 1 amide bonds.